The zero-order chi connectivity index (χ0) is 16.2. The SMILES string of the molecule is CC(NC(=O)C1CCCNC1)c1nc(-c2ccc(Br)cc2)cs1. The summed E-state index contributed by atoms with van der Waals surface area (Å²) < 4.78 is 1.05. The topological polar surface area (TPSA) is 54.0 Å². The number of aromatic nitrogens is 1. The Morgan fingerprint density at radius 1 is 1.43 bits per heavy atom. The fourth-order valence-corrected chi connectivity index (χ4v) is 3.81. The standard InChI is InChI=1S/C17H20BrN3OS/c1-11(20-16(22)13-3-2-8-19-9-13)17-21-15(10-23-17)12-4-6-14(18)7-5-12/h4-7,10-11,13,19H,2-3,8-9H2,1H3,(H,20,22). The van der Waals surface area contributed by atoms with E-state index in [1.165, 1.54) is 0 Å². The number of amides is 1. The van der Waals surface area contributed by atoms with E-state index in [-0.39, 0.29) is 17.9 Å². The van der Waals surface area contributed by atoms with Crippen LogP contribution < -0.4 is 10.6 Å². The maximum absolute atomic E-state index is 12.3. The van der Waals surface area contributed by atoms with Crippen molar-refractivity contribution < 1.29 is 4.79 Å². The number of halogens is 1. The van der Waals surface area contributed by atoms with Gasteiger partial charge in [0, 0.05) is 22.0 Å². The molecule has 6 heteroatoms. The van der Waals surface area contributed by atoms with Crippen LogP contribution in [0.15, 0.2) is 34.1 Å². The van der Waals surface area contributed by atoms with Crippen molar-refractivity contribution in [2.24, 2.45) is 5.92 Å². The number of hydrogen-bond donors (Lipinski definition) is 2. The van der Waals surface area contributed by atoms with Gasteiger partial charge in [0.05, 0.1) is 17.7 Å². The van der Waals surface area contributed by atoms with E-state index >= 15 is 0 Å². The molecule has 0 spiro atoms. The molecular formula is C17H20BrN3OS. The number of piperidine rings is 1. The molecule has 0 aliphatic carbocycles. The third-order valence-corrected chi connectivity index (χ3v) is 5.61. The van der Waals surface area contributed by atoms with Crippen LogP contribution in [0.1, 0.15) is 30.8 Å². The van der Waals surface area contributed by atoms with E-state index in [1.54, 1.807) is 11.3 Å². The van der Waals surface area contributed by atoms with Gasteiger partial charge in [0.25, 0.3) is 0 Å². The van der Waals surface area contributed by atoms with E-state index in [4.69, 9.17) is 0 Å². The average molecular weight is 394 g/mol. The van der Waals surface area contributed by atoms with E-state index in [0.29, 0.717) is 0 Å². The number of hydrogen-bond acceptors (Lipinski definition) is 4. The lowest BCUT2D eigenvalue weighted by Crippen LogP contribution is -2.41. The molecule has 2 heterocycles. The molecule has 2 unspecified atom stereocenters. The van der Waals surface area contributed by atoms with E-state index in [9.17, 15) is 4.79 Å². The Balaban J connectivity index is 1.64. The first-order chi connectivity index (χ1) is 11.1. The van der Waals surface area contributed by atoms with Crippen molar-refractivity contribution in [2.45, 2.75) is 25.8 Å². The van der Waals surface area contributed by atoms with Crippen LogP contribution in [-0.2, 0) is 4.79 Å². The fraction of sp³-hybridized carbons (Fsp3) is 0.412. The van der Waals surface area contributed by atoms with Crippen molar-refractivity contribution in [3.8, 4) is 11.3 Å². The summed E-state index contributed by atoms with van der Waals surface area (Å²) in [6.07, 6.45) is 2.03. The monoisotopic (exact) mass is 393 g/mol. The van der Waals surface area contributed by atoms with Crippen molar-refractivity contribution in [3.05, 3.63) is 39.1 Å². The average Bonchev–Trinajstić information content (AvgIpc) is 3.06. The first kappa shape index (κ1) is 16.6. The maximum Gasteiger partial charge on any atom is 0.224 e. The number of nitrogens with one attached hydrogen (secondary N) is 2. The second kappa shape index (κ2) is 7.55. The fourth-order valence-electron chi connectivity index (χ4n) is 2.71. The number of carbonyl (C=O) groups is 1. The van der Waals surface area contributed by atoms with Gasteiger partial charge in [0.1, 0.15) is 5.01 Å². The summed E-state index contributed by atoms with van der Waals surface area (Å²) in [6, 6.07) is 8.05. The van der Waals surface area contributed by atoms with Crippen LogP contribution in [0.3, 0.4) is 0 Å². The van der Waals surface area contributed by atoms with Gasteiger partial charge in [-0.3, -0.25) is 4.79 Å². The highest BCUT2D eigenvalue weighted by Gasteiger charge is 2.23. The molecule has 0 saturated carbocycles. The van der Waals surface area contributed by atoms with E-state index in [2.05, 4.69) is 31.5 Å². The maximum atomic E-state index is 12.3. The second-order valence-electron chi connectivity index (χ2n) is 5.85. The van der Waals surface area contributed by atoms with Gasteiger partial charge in [0.2, 0.25) is 5.91 Å². The summed E-state index contributed by atoms with van der Waals surface area (Å²) in [5, 5.41) is 9.37. The Labute approximate surface area is 148 Å². The van der Waals surface area contributed by atoms with Gasteiger partial charge in [-0.2, -0.15) is 0 Å². The van der Waals surface area contributed by atoms with Gasteiger partial charge < -0.3 is 10.6 Å². The Kier molecular flexibility index (Phi) is 5.46. The minimum Gasteiger partial charge on any atom is -0.347 e. The lowest BCUT2D eigenvalue weighted by molar-refractivity contribution is -0.126. The highest BCUT2D eigenvalue weighted by Crippen LogP contribution is 2.26. The van der Waals surface area contributed by atoms with Crippen LogP contribution in [0, 0.1) is 5.92 Å². The Morgan fingerprint density at radius 3 is 2.91 bits per heavy atom. The molecule has 0 radical (unpaired) electrons. The van der Waals surface area contributed by atoms with Crippen LogP contribution in [0.4, 0.5) is 0 Å². The number of nitrogens with zero attached hydrogens (tertiary/aromatic N) is 1. The number of rotatable bonds is 4. The highest BCUT2D eigenvalue weighted by atomic mass is 79.9. The predicted molar refractivity (Wildman–Crippen MR) is 97.4 cm³/mol. The first-order valence-corrected chi connectivity index (χ1v) is 9.53. The van der Waals surface area contributed by atoms with Crippen molar-refractivity contribution in [1.82, 2.24) is 15.6 Å². The second-order valence-corrected chi connectivity index (χ2v) is 7.66. The van der Waals surface area contributed by atoms with Crippen LogP contribution in [-0.4, -0.2) is 24.0 Å². The molecule has 1 aromatic carbocycles. The smallest absolute Gasteiger partial charge is 0.224 e. The molecule has 1 aliphatic heterocycles. The zero-order valence-corrected chi connectivity index (χ0v) is 15.4. The number of carbonyl (C=O) groups excluding carboxylic acids is 1. The Morgan fingerprint density at radius 2 is 2.22 bits per heavy atom. The number of thiazole rings is 1. The normalized spacial score (nSPS) is 19.3. The molecule has 0 bridgehead atoms. The summed E-state index contributed by atoms with van der Waals surface area (Å²) in [7, 11) is 0. The van der Waals surface area contributed by atoms with E-state index in [0.717, 1.165) is 46.7 Å². The lowest BCUT2D eigenvalue weighted by atomic mass is 9.98. The third-order valence-electron chi connectivity index (χ3n) is 4.06. The molecular weight excluding hydrogens is 374 g/mol. The summed E-state index contributed by atoms with van der Waals surface area (Å²) in [4.78, 5) is 17.0. The van der Waals surface area contributed by atoms with Gasteiger partial charge in [0.15, 0.2) is 0 Å². The molecule has 2 aromatic rings. The molecule has 1 saturated heterocycles. The van der Waals surface area contributed by atoms with E-state index < -0.39 is 0 Å². The molecule has 122 valence electrons. The molecule has 4 nitrogen and oxygen atoms in total. The zero-order valence-electron chi connectivity index (χ0n) is 13.0. The third kappa shape index (κ3) is 4.19. The summed E-state index contributed by atoms with van der Waals surface area (Å²) in [5.41, 5.74) is 2.05. The summed E-state index contributed by atoms with van der Waals surface area (Å²) in [6.45, 7) is 3.79. The minimum atomic E-state index is -0.0568. The largest absolute Gasteiger partial charge is 0.347 e. The first-order valence-electron chi connectivity index (χ1n) is 7.86. The molecule has 2 N–H and O–H groups in total. The van der Waals surface area contributed by atoms with Crippen LogP contribution in [0.25, 0.3) is 11.3 Å². The molecule has 1 aromatic heterocycles. The summed E-state index contributed by atoms with van der Waals surface area (Å²) >= 11 is 5.03. The predicted octanol–water partition coefficient (Wildman–Crippen LogP) is 3.75. The van der Waals surface area contributed by atoms with Gasteiger partial charge in [-0.25, -0.2) is 4.98 Å². The Bertz CT molecular complexity index is 665. The molecule has 1 aliphatic rings. The molecule has 2 atom stereocenters. The molecule has 3 rings (SSSR count). The molecule has 1 fully saturated rings. The summed E-state index contributed by atoms with van der Waals surface area (Å²) in [5.74, 6) is 0.210. The van der Waals surface area contributed by atoms with Crippen molar-refractivity contribution in [3.63, 3.8) is 0 Å². The van der Waals surface area contributed by atoms with Gasteiger partial charge in [-0.1, -0.05) is 28.1 Å². The quantitative estimate of drug-likeness (QED) is 0.831. The molecule has 1 amide bonds. The van der Waals surface area contributed by atoms with Gasteiger partial charge >= 0.3 is 0 Å². The van der Waals surface area contributed by atoms with Crippen molar-refractivity contribution >= 4 is 33.2 Å². The van der Waals surface area contributed by atoms with E-state index in [1.807, 2.05) is 36.6 Å². The lowest BCUT2D eigenvalue weighted by Gasteiger charge is -2.23. The highest BCUT2D eigenvalue weighted by molar-refractivity contribution is 9.10. The van der Waals surface area contributed by atoms with Crippen LogP contribution >= 0.6 is 27.3 Å². The van der Waals surface area contributed by atoms with Crippen LogP contribution in [0.5, 0.6) is 0 Å². The van der Waals surface area contributed by atoms with Gasteiger partial charge in [-0.15, -0.1) is 11.3 Å². The van der Waals surface area contributed by atoms with Crippen LogP contribution in [0.2, 0.25) is 0 Å². The van der Waals surface area contributed by atoms with Crippen molar-refractivity contribution in [1.29, 1.82) is 0 Å². The van der Waals surface area contributed by atoms with Crippen molar-refractivity contribution in [2.75, 3.05) is 13.1 Å². The van der Waals surface area contributed by atoms with Gasteiger partial charge in [-0.05, 0) is 38.4 Å². The number of benzene rings is 1. The molecule has 23 heavy (non-hydrogen) atoms. The Hall–Kier alpha value is -1.24. The minimum absolute atomic E-state index is 0.0568.